The number of esters is 2. The summed E-state index contributed by atoms with van der Waals surface area (Å²) in [6.45, 7) is 0.750. The van der Waals surface area contributed by atoms with E-state index in [2.05, 4.69) is 4.74 Å². The Bertz CT molecular complexity index is 2030. The normalized spacial score (nSPS) is 14.2. The molecule has 14 nitrogen and oxygen atoms in total. The van der Waals surface area contributed by atoms with Gasteiger partial charge >= 0.3 is 24.3 Å². The van der Waals surface area contributed by atoms with E-state index in [9.17, 15) is 37.1 Å². The van der Waals surface area contributed by atoms with Crippen molar-refractivity contribution in [2.75, 3.05) is 17.5 Å². The van der Waals surface area contributed by atoms with Crippen LogP contribution in [0.15, 0.2) is 58.0 Å². The Morgan fingerprint density at radius 2 is 1.81 bits per heavy atom. The highest BCUT2D eigenvalue weighted by Crippen LogP contribution is 2.38. The lowest BCUT2D eigenvalue weighted by Gasteiger charge is -2.23. The molecule has 280 valence electrons. The van der Waals surface area contributed by atoms with Crippen LogP contribution < -0.4 is 24.3 Å². The Kier molecular flexibility index (Phi) is 12.0. The molecule has 0 aliphatic heterocycles. The number of benzene rings is 2. The number of nitrogens with zero attached hydrogens (tertiary/aromatic N) is 3. The number of ether oxygens (including phenoxy) is 4. The molecule has 19 heteroatoms. The molecule has 2 heterocycles. The van der Waals surface area contributed by atoms with Gasteiger partial charge in [-0.1, -0.05) is 29.3 Å². The van der Waals surface area contributed by atoms with Crippen LogP contribution in [0.25, 0.3) is 11.1 Å². The largest absolute Gasteiger partial charge is 0.619 e. The van der Waals surface area contributed by atoms with E-state index in [1.54, 1.807) is 20.8 Å². The third-order valence-electron chi connectivity index (χ3n) is 7.56. The van der Waals surface area contributed by atoms with Crippen LogP contribution in [0, 0.1) is 11.1 Å². The summed E-state index contributed by atoms with van der Waals surface area (Å²) in [5.41, 5.74) is -0.273. The molecule has 1 N–H and O–H groups in total. The van der Waals surface area contributed by atoms with Gasteiger partial charge in [-0.2, -0.15) is 13.5 Å². The lowest BCUT2D eigenvalue weighted by molar-refractivity contribution is -0.605. The lowest BCUT2D eigenvalue weighted by atomic mass is 10.0. The van der Waals surface area contributed by atoms with Crippen LogP contribution >= 0.6 is 23.2 Å². The second-order valence-electron chi connectivity index (χ2n) is 12.8. The summed E-state index contributed by atoms with van der Waals surface area (Å²) in [4.78, 5) is 38.8. The fourth-order valence-electron chi connectivity index (χ4n) is 5.07. The van der Waals surface area contributed by atoms with E-state index in [4.69, 9.17) is 41.8 Å². The molecule has 1 fully saturated rings. The maximum atomic E-state index is 13.5. The fraction of sp³-hybridized carbons (Fsp3) is 0.394. The van der Waals surface area contributed by atoms with Crippen LogP contribution in [0.4, 0.5) is 14.5 Å². The number of halogens is 4. The number of oxazole rings is 1. The third-order valence-corrected chi connectivity index (χ3v) is 8.92. The second-order valence-corrected chi connectivity index (χ2v) is 14.5. The Morgan fingerprint density at radius 3 is 2.42 bits per heavy atom. The van der Waals surface area contributed by atoms with Gasteiger partial charge in [0.05, 0.1) is 17.8 Å². The van der Waals surface area contributed by atoms with E-state index in [0.29, 0.717) is 4.73 Å². The molecule has 0 spiro atoms. The van der Waals surface area contributed by atoms with Gasteiger partial charge in [0.1, 0.15) is 34.8 Å². The minimum atomic E-state index is -3.14. The topological polar surface area (TPSA) is 174 Å². The smallest absolute Gasteiger partial charge is 0.420 e. The number of fused-ring (bicyclic) bond motifs is 1. The van der Waals surface area contributed by atoms with Gasteiger partial charge in [-0.15, -0.1) is 0 Å². The van der Waals surface area contributed by atoms with Crippen molar-refractivity contribution in [1.29, 1.82) is 0 Å². The highest BCUT2D eigenvalue weighted by Gasteiger charge is 2.28. The third kappa shape index (κ3) is 10.1. The van der Waals surface area contributed by atoms with E-state index in [0.717, 1.165) is 34.1 Å². The van der Waals surface area contributed by atoms with Gasteiger partial charge in [0.25, 0.3) is 11.3 Å². The molecule has 0 radical (unpaired) electrons. The minimum absolute atomic E-state index is 0.0224. The Morgan fingerprint density at radius 1 is 1.12 bits per heavy atom. The number of hydrogen-bond donors (Lipinski definition) is 1. The van der Waals surface area contributed by atoms with Crippen molar-refractivity contribution in [2.24, 2.45) is 5.92 Å². The number of pyridine rings is 1. The molecule has 1 saturated carbocycles. The number of rotatable bonds is 15. The maximum absolute atomic E-state index is 13.5. The number of carbonyl (C=O) groups excluding carboxylic acids is 2. The predicted octanol–water partition coefficient (Wildman–Crippen LogP) is 5.74. The van der Waals surface area contributed by atoms with Gasteiger partial charge in [-0.3, -0.25) is 23.0 Å². The molecule has 1 aliphatic carbocycles. The van der Waals surface area contributed by atoms with Crippen LogP contribution in [0.1, 0.15) is 50.8 Å². The fourth-order valence-corrected chi connectivity index (χ4v) is 6.18. The van der Waals surface area contributed by atoms with Crippen molar-refractivity contribution in [3.63, 3.8) is 0 Å². The first kappa shape index (κ1) is 38.8. The summed E-state index contributed by atoms with van der Waals surface area (Å²) in [5, 5.41) is 11.8. The molecule has 0 amide bonds. The van der Waals surface area contributed by atoms with Gasteiger partial charge in [0.15, 0.2) is 29.5 Å². The zero-order chi connectivity index (χ0) is 37.9. The Balaban J connectivity index is 1.43. The molecule has 5 rings (SSSR count). The first-order chi connectivity index (χ1) is 24.5. The van der Waals surface area contributed by atoms with Gasteiger partial charge in [0.2, 0.25) is 0 Å². The van der Waals surface area contributed by atoms with E-state index in [-0.39, 0.29) is 68.4 Å². The number of alkyl halides is 2. The second kappa shape index (κ2) is 16.1. The molecular weight excluding hydrogens is 755 g/mol. The van der Waals surface area contributed by atoms with E-state index in [1.165, 1.54) is 36.4 Å². The molecule has 2 aromatic heterocycles. The maximum Gasteiger partial charge on any atom is 0.420 e. The molecule has 2 atom stereocenters. The van der Waals surface area contributed by atoms with Crippen molar-refractivity contribution in [3.8, 4) is 11.5 Å². The number of carbonyl (C=O) groups is 2. The Labute approximate surface area is 307 Å². The summed E-state index contributed by atoms with van der Waals surface area (Å²) in [6.07, 6.45) is 2.57. The summed E-state index contributed by atoms with van der Waals surface area (Å²) < 4.78 is 77.3. The van der Waals surface area contributed by atoms with Gasteiger partial charge in [-0.05, 0) is 69.4 Å². The number of anilines is 1. The van der Waals surface area contributed by atoms with Gasteiger partial charge in [-0.25, -0.2) is 9.00 Å². The molecular formula is C33H33Cl2F2N3O11S. The molecule has 4 aromatic rings. The molecule has 52 heavy (non-hydrogen) atoms. The molecule has 1 aliphatic rings. The molecule has 0 bridgehead atoms. The summed E-state index contributed by atoms with van der Waals surface area (Å²) in [6, 6.07) is 7.94. The standard InChI is InChI=1S/C33H33Cl2F2N3O11S/c1-33(2,3)51-30(42)16-40(52(45)46)20-7-8-24-27(11-20)50-32(43)39(24)15-29(41)48-26(12-21-22(34)13-38(44)14-23(21)35)19-6-9-25(49-31(36)37)28(10-19)47-17-18-4-5-18/h6-11,13-14,18,26,31H,4-5,12,15-17H2,1-3H3,(H,45,46). The highest BCUT2D eigenvalue weighted by molar-refractivity contribution is 7.80. The molecule has 0 saturated heterocycles. The van der Waals surface area contributed by atoms with Crippen LogP contribution in [-0.2, 0) is 43.3 Å². The highest BCUT2D eigenvalue weighted by atomic mass is 35.5. The average molecular weight is 789 g/mol. The van der Waals surface area contributed by atoms with Crippen LogP contribution in [0.2, 0.25) is 10.0 Å². The SMILES string of the molecule is CC(C)(C)OC(=O)CN(c1ccc2c(c1)oc(=O)n2CC(=O)OC(Cc1c(Cl)c[n+]([O-])cc1Cl)c1ccc(OC(F)F)c(OCC2CC2)c1)S(=O)O. The quantitative estimate of drug-likeness (QED) is 0.0674. The molecule has 2 aromatic carbocycles. The van der Waals surface area contributed by atoms with Crippen LogP contribution in [0.3, 0.4) is 0 Å². The Hall–Kier alpha value is -4.45. The van der Waals surface area contributed by atoms with Crippen LogP contribution in [-0.4, -0.2) is 50.6 Å². The summed E-state index contributed by atoms with van der Waals surface area (Å²) >= 11 is 9.98. The zero-order valence-corrected chi connectivity index (χ0v) is 30.2. The van der Waals surface area contributed by atoms with E-state index in [1.807, 2.05) is 0 Å². The average Bonchev–Trinajstić information content (AvgIpc) is 3.81. The minimum Gasteiger partial charge on any atom is -0.619 e. The van der Waals surface area contributed by atoms with Crippen molar-refractivity contribution in [3.05, 3.63) is 85.7 Å². The van der Waals surface area contributed by atoms with E-state index >= 15 is 0 Å². The lowest BCUT2D eigenvalue weighted by Crippen LogP contribution is -2.35. The number of aromatic nitrogens is 2. The van der Waals surface area contributed by atoms with Crippen molar-refractivity contribution >= 4 is 63.2 Å². The van der Waals surface area contributed by atoms with Crippen LogP contribution in [0.5, 0.6) is 11.5 Å². The predicted molar refractivity (Wildman–Crippen MR) is 184 cm³/mol. The number of hydrogen-bond acceptors (Lipinski definition) is 10. The summed E-state index contributed by atoms with van der Waals surface area (Å²) in [7, 11) is 0. The van der Waals surface area contributed by atoms with Gasteiger partial charge in [0, 0.05) is 18.1 Å². The monoisotopic (exact) mass is 787 g/mol. The first-order valence-corrected chi connectivity index (χ1v) is 17.5. The van der Waals surface area contributed by atoms with Crippen molar-refractivity contribution in [1.82, 2.24) is 4.57 Å². The van der Waals surface area contributed by atoms with Crippen molar-refractivity contribution < 1.29 is 55.2 Å². The molecule has 2 unspecified atom stereocenters. The summed E-state index contributed by atoms with van der Waals surface area (Å²) in [5.74, 6) is -2.70. The van der Waals surface area contributed by atoms with Gasteiger partial charge < -0.3 is 28.6 Å². The first-order valence-electron chi connectivity index (χ1n) is 15.7. The zero-order valence-electron chi connectivity index (χ0n) is 27.9. The van der Waals surface area contributed by atoms with Crippen molar-refractivity contribution in [2.45, 2.75) is 64.9 Å². The van der Waals surface area contributed by atoms with E-state index < -0.39 is 60.4 Å².